The van der Waals surface area contributed by atoms with Gasteiger partial charge in [-0.05, 0) is 6.92 Å². The van der Waals surface area contributed by atoms with Gasteiger partial charge < -0.3 is 14.6 Å². The number of hydrogen-bond acceptors (Lipinski definition) is 4. The zero-order valence-electron chi connectivity index (χ0n) is 7.12. The molecule has 0 radical (unpaired) electrons. The van der Waals surface area contributed by atoms with Crippen LogP contribution < -0.4 is 0 Å². The largest absolute Gasteiger partial charge is 0.464 e. The number of alkyl halides is 1. The van der Waals surface area contributed by atoms with Crippen molar-refractivity contribution >= 4 is 17.6 Å². The van der Waals surface area contributed by atoms with Gasteiger partial charge in [-0.25, -0.2) is 0 Å². The van der Waals surface area contributed by atoms with Gasteiger partial charge in [-0.1, -0.05) is 0 Å². The molecule has 0 fully saturated rings. The molecule has 0 saturated carbocycles. The number of esters is 1. The Morgan fingerprint density at radius 2 is 2.25 bits per heavy atom. The van der Waals surface area contributed by atoms with E-state index in [2.05, 4.69) is 9.47 Å². The van der Waals surface area contributed by atoms with E-state index in [1.54, 1.807) is 0 Å². The zero-order valence-corrected chi connectivity index (χ0v) is 7.87. The average molecular weight is 197 g/mol. The quantitative estimate of drug-likeness (QED) is 0.396. The predicted molar refractivity (Wildman–Crippen MR) is 43.9 cm³/mol. The van der Waals surface area contributed by atoms with Crippen LogP contribution in [-0.2, 0) is 14.3 Å². The summed E-state index contributed by atoms with van der Waals surface area (Å²) in [5.41, 5.74) is 0. The summed E-state index contributed by atoms with van der Waals surface area (Å²) in [6, 6.07) is 0. The highest BCUT2D eigenvalue weighted by atomic mass is 35.5. The summed E-state index contributed by atoms with van der Waals surface area (Å²) < 4.78 is 9.19. The lowest BCUT2D eigenvalue weighted by Crippen LogP contribution is -2.18. The van der Waals surface area contributed by atoms with Gasteiger partial charge >= 0.3 is 5.97 Å². The van der Waals surface area contributed by atoms with Crippen molar-refractivity contribution in [2.75, 3.05) is 13.7 Å². The molecule has 0 bridgehead atoms. The molecular weight excluding hydrogens is 184 g/mol. The maximum atomic E-state index is 10.7. The van der Waals surface area contributed by atoms with E-state index in [0.717, 1.165) is 0 Å². The first-order valence-corrected chi connectivity index (χ1v) is 4.03. The number of rotatable bonds is 5. The lowest BCUT2D eigenvalue weighted by molar-refractivity contribution is -0.146. The third-order valence-corrected chi connectivity index (χ3v) is 1.38. The van der Waals surface area contributed by atoms with E-state index in [9.17, 15) is 4.79 Å². The average Bonchev–Trinajstić information content (AvgIpc) is 2.03. The van der Waals surface area contributed by atoms with Crippen LogP contribution in [0.5, 0.6) is 0 Å². The Morgan fingerprint density at radius 1 is 1.67 bits per heavy atom. The van der Waals surface area contributed by atoms with Gasteiger partial charge in [0, 0.05) is 13.5 Å². The minimum absolute atomic E-state index is 0.116. The number of ether oxygens (including phenoxy) is 2. The molecule has 4 nitrogen and oxygen atoms in total. The number of aliphatic hydroxyl groups excluding tert-OH is 1. The molecule has 0 amide bonds. The van der Waals surface area contributed by atoms with Crippen molar-refractivity contribution in [3.63, 3.8) is 0 Å². The molecule has 72 valence electrons. The number of methoxy groups -OCH3 is 1. The van der Waals surface area contributed by atoms with E-state index in [-0.39, 0.29) is 13.0 Å². The molecule has 1 N–H and O–H groups in total. The Balaban J connectivity index is 3.37. The van der Waals surface area contributed by atoms with Crippen molar-refractivity contribution in [3.8, 4) is 0 Å². The van der Waals surface area contributed by atoms with E-state index in [1.165, 1.54) is 14.0 Å². The molecule has 0 spiro atoms. The zero-order chi connectivity index (χ0) is 9.56. The lowest BCUT2D eigenvalue weighted by atomic mass is 10.4. The van der Waals surface area contributed by atoms with Gasteiger partial charge in [-0.3, -0.25) is 4.79 Å². The molecule has 0 saturated heterocycles. The fraction of sp³-hybridized carbons (Fsp3) is 0.857. The Bertz CT molecular complexity index is 137. The summed E-state index contributed by atoms with van der Waals surface area (Å²) in [7, 11) is 1.37. The second kappa shape index (κ2) is 6.22. The number of halogens is 1. The maximum Gasteiger partial charge on any atom is 0.323 e. The SMILES string of the molecule is COC(O)CCOC(=O)C(C)Cl. The standard InChI is InChI=1S/C7H13ClO4/c1-5(8)7(10)12-4-3-6(9)11-2/h5-6,9H,3-4H2,1-2H3. The van der Waals surface area contributed by atoms with Gasteiger partial charge in [0.05, 0.1) is 6.61 Å². The minimum Gasteiger partial charge on any atom is -0.464 e. The number of hydrogen-bond donors (Lipinski definition) is 1. The summed E-state index contributed by atoms with van der Waals surface area (Å²) >= 11 is 5.41. The third kappa shape index (κ3) is 5.35. The molecule has 0 aliphatic heterocycles. The summed E-state index contributed by atoms with van der Waals surface area (Å²) in [5, 5.41) is 8.21. The molecule has 0 aromatic rings. The molecule has 0 heterocycles. The van der Waals surface area contributed by atoms with Crippen LogP contribution in [0.1, 0.15) is 13.3 Å². The first-order valence-electron chi connectivity index (χ1n) is 3.59. The molecule has 0 aromatic heterocycles. The molecular formula is C7H13ClO4. The Hall–Kier alpha value is -0.320. The molecule has 12 heavy (non-hydrogen) atoms. The number of carbonyl (C=O) groups is 1. The second-order valence-corrected chi connectivity index (χ2v) is 2.92. The van der Waals surface area contributed by atoms with E-state index >= 15 is 0 Å². The van der Waals surface area contributed by atoms with Crippen LogP contribution in [-0.4, -0.2) is 36.5 Å². The highest BCUT2D eigenvalue weighted by molar-refractivity contribution is 6.29. The number of carbonyl (C=O) groups excluding carboxylic acids is 1. The van der Waals surface area contributed by atoms with E-state index in [4.69, 9.17) is 16.7 Å². The van der Waals surface area contributed by atoms with Crippen molar-refractivity contribution in [3.05, 3.63) is 0 Å². The molecule has 0 aliphatic carbocycles. The fourth-order valence-corrected chi connectivity index (χ4v) is 0.556. The second-order valence-electron chi connectivity index (χ2n) is 2.26. The van der Waals surface area contributed by atoms with E-state index in [0.29, 0.717) is 0 Å². The van der Waals surface area contributed by atoms with Crippen molar-refractivity contribution in [2.45, 2.75) is 25.0 Å². The van der Waals surface area contributed by atoms with Crippen LogP contribution in [0.3, 0.4) is 0 Å². The van der Waals surface area contributed by atoms with Gasteiger partial charge in [0.2, 0.25) is 0 Å². The van der Waals surface area contributed by atoms with Crippen LogP contribution in [0.4, 0.5) is 0 Å². The first kappa shape index (κ1) is 11.7. The minimum atomic E-state index is -0.886. The fourth-order valence-electron chi connectivity index (χ4n) is 0.493. The van der Waals surface area contributed by atoms with Gasteiger partial charge in [0.25, 0.3) is 0 Å². The van der Waals surface area contributed by atoms with Crippen LogP contribution in [0.2, 0.25) is 0 Å². The van der Waals surface area contributed by atoms with Crippen LogP contribution in [0.25, 0.3) is 0 Å². The van der Waals surface area contributed by atoms with Gasteiger partial charge in [0.1, 0.15) is 5.38 Å². The Kier molecular flexibility index (Phi) is 6.06. The van der Waals surface area contributed by atoms with Crippen LogP contribution >= 0.6 is 11.6 Å². The highest BCUT2D eigenvalue weighted by Crippen LogP contribution is 1.99. The topological polar surface area (TPSA) is 55.8 Å². The van der Waals surface area contributed by atoms with Crippen molar-refractivity contribution < 1.29 is 19.4 Å². The van der Waals surface area contributed by atoms with Crippen LogP contribution in [0.15, 0.2) is 0 Å². The molecule has 0 aliphatic rings. The highest BCUT2D eigenvalue weighted by Gasteiger charge is 2.10. The molecule has 2 unspecified atom stereocenters. The van der Waals surface area contributed by atoms with Gasteiger partial charge in [0.15, 0.2) is 6.29 Å². The van der Waals surface area contributed by atoms with Crippen molar-refractivity contribution in [1.29, 1.82) is 0 Å². The van der Waals surface area contributed by atoms with E-state index in [1.807, 2.05) is 0 Å². The van der Waals surface area contributed by atoms with Crippen LogP contribution in [0, 0.1) is 0 Å². The normalized spacial score (nSPS) is 15.3. The molecule has 5 heteroatoms. The summed E-state index contributed by atoms with van der Waals surface area (Å²) in [5.74, 6) is -0.486. The number of aliphatic hydroxyl groups is 1. The first-order chi connectivity index (χ1) is 5.57. The Morgan fingerprint density at radius 3 is 2.67 bits per heavy atom. The van der Waals surface area contributed by atoms with Crippen molar-refractivity contribution in [2.24, 2.45) is 0 Å². The third-order valence-electron chi connectivity index (χ3n) is 1.21. The monoisotopic (exact) mass is 196 g/mol. The van der Waals surface area contributed by atoms with Gasteiger partial charge in [-0.2, -0.15) is 0 Å². The maximum absolute atomic E-state index is 10.7. The smallest absolute Gasteiger partial charge is 0.323 e. The molecule has 0 aromatic carbocycles. The lowest BCUT2D eigenvalue weighted by Gasteiger charge is -2.09. The summed E-state index contributed by atoms with van der Waals surface area (Å²) in [6.07, 6.45) is -0.630. The summed E-state index contributed by atoms with van der Waals surface area (Å²) in [4.78, 5) is 10.7. The van der Waals surface area contributed by atoms with Crippen molar-refractivity contribution in [1.82, 2.24) is 0 Å². The summed E-state index contributed by atoms with van der Waals surface area (Å²) in [6.45, 7) is 1.64. The Labute approximate surface area is 76.4 Å². The predicted octanol–water partition coefficient (Wildman–Crippen LogP) is 0.512. The molecule has 0 rings (SSSR count). The van der Waals surface area contributed by atoms with E-state index < -0.39 is 17.6 Å². The molecule has 2 atom stereocenters. The van der Waals surface area contributed by atoms with Gasteiger partial charge in [-0.15, -0.1) is 11.6 Å².